The summed E-state index contributed by atoms with van der Waals surface area (Å²) >= 11 is 0. The Balaban J connectivity index is 2.15. The first kappa shape index (κ1) is 14.2. The zero-order valence-corrected chi connectivity index (χ0v) is 10.3. The van der Waals surface area contributed by atoms with E-state index in [1.54, 1.807) is 12.1 Å². The number of carbonyl (C=O) groups excluding carboxylic acids is 1. The molecule has 0 fully saturated rings. The molecule has 108 valence electrons. The van der Waals surface area contributed by atoms with Crippen LogP contribution >= 0.6 is 0 Å². The van der Waals surface area contributed by atoms with Gasteiger partial charge in [-0.05, 0) is 12.1 Å². The van der Waals surface area contributed by atoms with Crippen LogP contribution in [0, 0.1) is 0 Å². The van der Waals surface area contributed by atoms with Gasteiger partial charge in [0.05, 0.1) is 19.4 Å². The van der Waals surface area contributed by atoms with Crippen LogP contribution in [0.4, 0.5) is 8.78 Å². The fourth-order valence-electron chi connectivity index (χ4n) is 1.64. The number of nitrogens with zero attached hydrogens (tertiary/aromatic N) is 2. The van der Waals surface area contributed by atoms with Crippen molar-refractivity contribution in [3.8, 4) is 11.5 Å². The third-order valence-corrected chi connectivity index (χ3v) is 2.51. The van der Waals surface area contributed by atoms with Crippen molar-refractivity contribution in [1.29, 1.82) is 0 Å². The minimum Gasteiger partial charge on any atom is -0.461 e. The Morgan fingerprint density at radius 3 is 2.85 bits per heavy atom. The molecule has 2 rings (SSSR count). The zero-order chi connectivity index (χ0) is 14.5. The molecular weight excluding hydrogens is 274 g/mol. The fourth-order valence-corrected chi connectivity index (χ4v) is 1.64. The molecule has 0 atom stereocenters. The summed E-state index contributed by atoms with van der Waals surface area (Å²) in [6.07, 6.45) is -1.27. The highest BCUT2D eigenvalue weighted by Crippen LogP contribution is 2.21. The van der Waals surface area contributed by atoms with Gasteiger partial charge in [-0.1, -0.05) is 5.16 Å². The molecule has 0 unspecified atom stereocenters. The van der Waals surface area contributed by atoms with Crippen LogP contribution in [-0.2, 0) is 0 Å². The monoisotopic (exact) mass is 286 g/mol. The van der Waals surface area contributed by atoms with Crippen LogP contribution in [0.1, 0.15) is 10.5 Å². The molecule has 8 heteroatoms. The van der Waals surface area contributed by atoms with E-state index in [0.717, 1.165) is 4.90 Å². The summed E-state index contributed by atoms with van der Waals surface area (Å²) in [7, 11) is 0. The number of aromatic nitrogens is 1. The summed E-state index contributed by atoms with van der Waals surface area (Å²) in [5.74, 6) is -0.139. The summed E-state index contributed by atoms with van der Waals surface area (Å²) < 4.78 is 34.7. The lowest BCUT2D eigenvalue weighted by molar-refractivity contribution is 0.0501. The van der Waals surface area contributed by atoms with E-state index < -0.39 is 25.5 Å². The number of rotatable bonds is 6. The molecule has 20 heavy (non-hydrogen) atoms. The van der Waals surface area contributed by atoms with Gasteiger partial charge in [0, 0.05) is 12.6 Å². The molecular formula is C12H12F2N2O4. The van der Waals surface area contributed by atoms with Gasteiger partial charge in [0.15, 0.2) is 11.5 Å². The van der Waals surface area contributed by atoms with Crippen molar-refractivity contribution in [3.05, 3.63) is 30.2 Å². The number of halogens is 2. The first-order valence-electron chi connectivity index (χ1n) is 5.80. The molecule has 0 bridgehead atoms. The van der Waals surface area contributed by atoms with Crippen molar-refractivity contribution in [2.45, 2.75) is 6.43 Å². The zero-order valence-electron chi connectivity index (χ0n) is 10.3. The van der Waals surface area contributed by atoms with Crippen molar-refractivity contribution < 1.29 is 27.6 Å². The van der Waals surface area contributed by atoms with Gasteiger partial charge in [-0.3, -0.25) is 4.79 Å². The molecule has 0 saturated heterocycles. The van der Waals surface area contributed by atoms with Crippen LogP contribution in [0.2, 0.25) is 0 Å². The lowest BCUT2D eigenvalue weighted by atomic mass is 10.3. The number of aliphatic hydroxyl groups excluding tert-OH is 1. The van der Waals surface area contributed by atoms with Gasteiger partial charge in [-0.15, -0.1) is 0 Å². The third-order valence-electron chi connectivity index (χ3n) is 2.51. The Labute approximate surface area is 112 Å². The largest absolute Gasteiger partial charge is 0.461 e. The average molecular weight is 286 g/mol. The summed E-state index contributed by atoms with van der Waals surface area (Å²) in [6, 6.07) is 4.55. The van der Waals surface area contributed by atoms with Gasteiger partial charge in [-0.25, -0.2) is 8.78 Å². The summed E-state index contributed by atoms with van der Waals surface area (Å²) in [6.45, 7) is -1.39. The van der Waals surface area contributed by atoms with Crippen molar-refractivity contribution in [1.82, 2.24) is 10.1 Å². The standard InChI is InChI=1S/C12H12F2N2O4/c13-11(14)7-16(3-4-17)12(18)8-6-10(20-15-8)9-2-1-5-19-9/h1-2,5-6,11,17H,3-4,7H2. The molecule has 0 aromatic carbocycles. The van der Waals surface area contributed by atoms with Crippen LogP contribution in [0.25, 0.3) is 11.5 Å². The predicted octanol–water partition coefficient (Wildman–Crippen LogP) is 1.63. The van der Waals surface area contributed by atoms with Crippen LogP contribution in [0.15, 0.2) is 33.4 Å². The highest BCUT2D eigenvalue weighted by atomic mass is 19.3. The molecule has 6 nitrogen and oxygen atoms in total. The Morgan fingerprint density at radius 2 is 2.25 bits per heavy atom. The second-order valence-electron chi connectivity index (χ2n) is 3.92. The smallest absolute Gasteiger partial charge is 0.276 e. The number of hydrogen-bond acceptors (Lipinski definition) is 5. The topological polar surface area (TPSA) is 79.7 Å². The second-order valence-corrected chi connectivity index (χ2v) is 3.92. The van der Waals surface area contributed by atoms with Crippen LogP contribution in [0.5, 0.6) is 0 Å². The summed E-state index contributed by atoms with van der Waals surface area (Å²) in [5, 5.41) is 12.3. The van der Waals surface area contributed by atoms with Crippen molar-refractivity contribution in [3.63, 3.8) is 0 Å². The van der Waals surface area contributed by atoms with Crippen LogP contribution < -0.4 is 0 Å². The maximum atomic E-state index is 12.4. The quantitative estimate of drug-likeness (QED) is 0.873. The second kappa shape index (κ2) is 6.29. The lowest BCUT2D eigenvalue weighted by Crippen LogP contribution is -2.37. The predicted molar refractivity (Wildman–Crippen MR) is 63.2 cm³/mol. The minimum atomic E-state index is -2.69. The molecule has 2 aromatic heterocycles. The first-order chi connectivity index (χ1) is 9.61. The molecule has 1 amide bonds. The Hall–Kier alpha value is -2.22. The Morgan fingerprint density at radius 1 is 1.45 bits per heavy atom. The molecule has 2 heterocycles. The molecule has 0 spiro atoms. The minimum absolute atomic E-state index is 0.120. The highest BCUT2D eigenvalue weighted by Gasteiger charge is 2.23. The molecule has 0 aliphatic carbocycles. The Bertz CT molecular complexity index is 554. The number of carbonyl (C=O) groups is 1. The molecule has 1 N–H and O–H groups in total. The maximum absolute atomic E-state index is 12.4. The molecule has 0 aliphatic heterocycles. The van der Waals surface area contributed by atoms with Gasteiger partial charge in [-0.2, -0.15) is 0 Å². The summed E-state index contributed by atoms with van der Waals surface area (Å²) in [5.41, 5.74) is -0.120. The number of aliphatic hydroxyl groups is 1. The molecule has 0 saturated carbocycles. The lowest BCUT2D eigenvalue weighted by Gasteiger charge is -2.19. The molecule has 2 aromatic rings. The third kappa shape index (κ3) is 3.21. The first-order valence-corrected chi connectivity index (χ1v) is 5.80. The van der Waals surface area contributed by atoms with Crippen LogP contribution in [-0.4, -0.2) is 47.2 Å². The number of amides is 1. The van der Waals surface area contributed by atoms with E-state index >= 15 is 0 Å². The van der Waals surface area contributed by atoms with E-state index in [0.29, 0.717) is 5.76 Å². The normalized spacial score (nSPS) is 11.0. The average Bonchev–Trinajstić information content (AvgIpc) is 3.07. The SMILES string of the molecule is O=C(c1cc(-c2ccco2)on1)N(CCO)CC(F)F. The number of furan rings is 1. The van der Waals surface area contributed by atoms with E-state index in [9.17, 15) is 13.6 Å². The number of hydrogen-bond donors (Lipinski definition) is 1. The van der Waals surface area contributed by atoms with Gasteiger partial charge >= 0.3 is 0 Å². The molecule has 0 aliphatic rings. The van der Waals surface area contributed by atoms with Gasteiger partial charge in [0.25, 0.3) is 12.3 Å². The van der Waals surface area contributed by atoms with Crippen molar-refractivity contribution >= 4 is 5.91 Å². The van der Waals surface area contributed by atoms with E-state index in [4.69, 9.17) is 14.0 Å². The number of alkyl halides is 2. The maximum Gasteiger partial charge on any atom is 0.276 e. The van der Waals surface area contributed by atoms with Gasteiger partial charge < -0.3 is 18.9 Å². The van der Waals surface area contributed by atoms with Crippen molar-refractivity contribution in [2.75, 3.05) is 19.7 Å². The summed E-state index contributed by atoms with van der Waals surface area (Å²) in [4.78, 5) is 12.8. The van der Waals surface area contributed by atoms with E-state index in [1.807, 2.05) is 0 Å². The van der Waals surface area contributed by atoms with Crippen molar-refractivity contribution in [2.24, 2.45) is 0 Å². The highest BCUT2D eigenvalue weighted by molar-refractivity contribution is 5.93. The van der Waals surface area contributed by atoms with E-state index in [-0.39, 0.29) is 18.0 Å². The Kier molecular flexibility index (Phi) is 4.46. The molecule has 0 radical (unpaired) electrons. The van der Waals surface area contributed by atoms with E-state index in [2.05, 4.69) is 5.16 Å². The fraction of sp³-hybridized carbons (Fsp3) is 0.333. The van der Waals surface area contributed by atoms with Crippen LogP contribution in [0.3, 0.4) is 0 Å². The van der Waals surface area contributed by atoms with Gasteiger partial charge in [0.2, 0.25) is 5.76 Å². The van der Waals surface area contributed by atoms with Gasteiger partial charge in [0.1, 0.15) is 0 Å². The van der Waals surface area contributed by atoms with E-state index in [1.165, 1.54) is 12.3 Å².